The van der Waals surface area contributed by atoms with Crippen molar-refractivity contribution in [1.29, 1.82) is 0 Å². The van der Waals surface area contributed by atoms with Gasteiger partial charge in [0.05, 0.1) is 12.5 Å². The summed E-state index contributed by atoms with van der Waals surface area (Å²) in [5.41, 5.74) is 3.72. The Morgan fingerprint density at radius 2 is 1.78 bits per heavy atom. The van der Waals surface area contributed by atoms with Crippen LogP contribution < -0.4 is 4.74 Å². The molecule has 0 radical (unpaired) electrons. The molecule has 1 aromatic rings. The first-order chi connectivity index (χ1) is 8.61. The lowest BCUT2D eigenvalue weighted by molar-refractivity contribution is 0.338. The molecule has 2 nitrogen and oxygen atoms in total. The first-order valence-electron chi connectivity index (χ1n) is 6.63. The summed E-state index contributed by atoms with van der Waals surface area (Å²) >= 11 is 6.61. The normalized spacial score (nSPS) is 18.0. The summed E-state index contributed by atoms with van der Waals surface area (Å²) < 4.78 is 5.29. The number of likely N-dealkylation sites (tertiary alicyclic amines) is 1. The van der Waals surface area contributed by atoms with Gasteiger partial charge in [-0.25, -0.2) is 0 Å². The van der Waals surface area contributed by atoms with Crippen molar-refractivity contribution in [2.45, 2.75) is 32.1 Å². The minimum Gasteiger partial charge on any atom is -0.497 e. The monoisotopic (exact) mass is 267 g/mol. The predicted molar refractivity (Wildman–Crippen MR) is 76.7 cm³/mol. The van der Waals surface area contributed by atoms with Crippen molar-refractivity contribution < 1.29 is 4.74 Å². The Morgan fingerprint density at radius 3 is 2.28 bits per heavy atom. The summed E-state index contributed by atoms with van der Waals surface area (Å²) in [6.45, 7) is 7.57. The molecule has 2 rings (SSSR count). The van der Waals surface area contributed by atoms with E-state index < -0.39 is 0 Å². The highest BCUT2D eigenvalue weighted by molar-refractivity contribution is 6.21. The van der Waals surface area contributed by atoms with Crippen LogP contribution in [0, 0.1) is 13.8 Å². The van der Waals surface area contributed by atoms with Gasteiger partial charge in [-0.3, -0.25) is 0 Å². The minimum absolute atomic E-state index is 0.0778. The van der Waals surface area contributed by atoms with E-state index in [1.807, 2.05) is 0 Å². The van der Waals surface area contributed by atoms with Crippen LogP contribution in [0.15, 0.2) is 12.1 Å². The molecule has 1 aliphatic heterocycles. The molecule has 0 N–H and O–H groups in total. The Balaban J connectivity index is 2.15. The van der Waals surface area contributed by atoms with Gasteiger partial charge in [0.2, 0.25) is 0 Å². The number of aryl methyl sites for hydroxylation is 2. The van der Waals surface area contributed by atoms with Crippen LogP contribution >= 0.6 is 11.6 Å². The van der Waals surface area contributed by atoms with Crippen molar-refractivity contribution in [2.75, 3.05) is 26.7 Å². The molecule has 3 heteroatoms. The highest BCUT2D eigenvalue weighted by Crippen LogP contribution is 2.31. The zero-order valence-electron chi connectivity index (χ0n) is 11.5. The van der Waals surface area contributed by atoms with Gasteiger partial charge < -0.3 is 9.64 Å². The molecule has 1 atom stereocenters. The molecule has 0 bridgehead atoms. The molecule has 0 saturated carbocycles. The van der Waals surface area contributed by atoms with E-state index in [0.29, 0.717) is 0 Å². The summed E-state index contributed by atoms with van der Waals surface area (Å²) in [4.78, 5) is 2.46. The molecule has 1 heterocycles. The zero-order valence-corrected chi connectivity index (χ0v) is 12.3. The van der Waals surface area contributed by atoms with Crippen molar-refractivity contribution in [2.24, 2.45) is 0 Å². The number of rotatable bonds is 4. The van der Waals surface area contributed by atoms with Crippen LogP contribution in [-0.2, 0) is 0 Å². The lowest BCUT2D eigenvalue weighted by Crippen LogP contribution is -2.24. The maximum absolute atomic E-state index is 6.61. The van der Waals surface area contributed by atoms with Gasteiger partial charge in [0.1, 0.15) is 5.75 Å². The Kier molecular flexibility index (Phi) is 4.52. The van der Waals surface area contributed by atoms with Crippen molar-refractivity contribution >= 4 is 11.6 Å². The number of hydrogen-bond acceptors (Lipinski definition) is 2. The van der Waals surface area contributed by atoms with Crippen molar-refractivity contribution in [1.82, 2.24) is 4.90 Å². The predicted octanol–water partition coefficient (Wildman–Crippen LogP) is 3.69. The standard InChI is InChI=1S/C15H22ClNO/c1-11-8-13(18-3)9-12(2)15(11)14(16)10-17-6-4-5-7-17/h8-9,14H,4-7,10H2,1-3H3. The van der Waals surface area contributed by atoms with Gasteiger partial charge in [0.25, 0.3) is 0 Å². The van der Waals surface area contributed by atoms with Crippen LogP contribution in [0.2, 0.25) is 0 Å². The van der Waals surface area contributed by atoms with E-state index in [1.165, 1.54) is 42.6 Å². The van der Waals surface area contributed by atoms with Gasteiger partial charge in [-0.1, -0.05) is 0 Å². The molecule has 1 fully saturated rings. The van der Waals surface area contributed by atoms with Crippen LogP contribution in [0.4, 0.5) is 0 Å². The molecule has 0 spiro atoms. The number of benzene rings is 1. The third-order valence-electron chi connectivity index (χ3n) is 3.73. The molecular weight excluding hydrogens is 246 g/mol. The van der Waals surface area contributed by atoms with Crippen LogP contribution in [0.3, 0.4) is 0 Å². The lowest BCUT2D eigenvalue weighted by Gasteiger charge is -2.22. The zero-order chi connectivity index (χ0) is 13.1. The molecule has 0 aliphatic carbocycles. The Morgan fingerprint density at radius 1 is 1.22 bits per heavy atom. The van der Waals surface area contributed by atoms with Crippen molar-refractivity contribution in [3.63, 3.8) is 0 Å². The fraction of sp³-hybridized carbons (Fsp3) is 0.600. The third kappa shape index (κ3) is 2.99. The summed E-state index contributed by atoms with van der Waals surface area (Å²) in [5.74, 6) is 0.916. The van der Waals surface area contributed by atoms with E-state index in [9.17, 15) is 0 Å². The van der Waals surface area contributed by atoms with Crippen molar-refractivity contribution in [3.05, 3.63) is 28.8 Å². The smallest absolute Gasteiger partial charge is 0.119 e. The van der Waals surface area contributed by atoms with E-state index in [1.54, 1.807) is 7.11 Å². The van der Waals surface area contributed by atoms with Gasteiger partial charge in [0, 0.05) is 6.54 Å². The molecule has 1 saturated heterocycles. The topological polar surface area (TPSA) is 12.5 Å². The summed E-state index contributed by atoms with van der Waals surface area (Å²) in [5, 5.41) is 0.0778. The second-order valence-electron chi connectivity index (χ2n) is 5.15. The number of ether oxygens (including phenoxy) is 1. The summed E-state index contributed by atoms with van der Waals surface area (Å²) in [7, 11) is 1.70. The quantitative estimate of drug-likeness (QED) is 0.772. The van der Waals surface area contributed by atoms with Crippen LogP contribution in [-0.4, -0.2) is 31.6 Å². The average Bonchev–Trinajstić information content (AvgIpc) is 2.80. The Bertz CT molecular complexity index is 390. The Labute approximate surface area is 115 Å². The van der Waals surface area contributed by atoms with E-state index in [0.717, 1.165) is 12.3 Å². The second-order valence-corrected chi connectivity index (χ2v) is 5.68. The van der Waals surface area contributed by atoms with Gasteiger partial charge >= 0.3 is 0 Å². The molecule has 0 aromatic heterocycles. The number of halogens is 1. The van der Waals surface area contributed by atoms with E-state index in [-0.39, 0.29) is 5.38 Å². The molecule has 1 aliphatic rings. The van der Waals surface area contributed by atoms with E-state index >= 15 is 0 Å². The van der Waals surface area contributed by atoms with Crippen LogP contribution in [0.5, 0.6) is 5.75 Å². The van der Waals surface area contributed by atoms with Gasteiger partial charge in [-0.05, 0) is 68.6 Å². The molecular formula is C15H22ClNO. The van der Waals surface area contributed by atoms with Crippen LogP contribution in [0.25, 0.3) is 0 Å². The van der Waals surface area contributed by atoms with Gasteiger partial charge in [-0.2, -0.15) is 0 Å². The first-order valence-corrected chi connectivity index (χ1v) is 7.07. The number of nitrogens with zero attached hydrogens (tertiary/aromatic N) is 1. The minimum atomic E-state index is 0.0778. The highest BCUT2D eigenvalue weighted by atomic mass is 35.5. The van der Waals surface area contributed by atoms with E-state index in [4.69, 9.17) is 16.3 Å². The first kappa shape index (κ1) is 13.7. The summed E-state index contributed by atoms with van der Waals surface area (Å²) in [6, 6.07) is 4.14. The fourth-order valence-corrected chi connectivity index (χ4v) is 3.37. The molecule has 100 valence electrons. The number of hydrogen-bond donors (Lipinski definition) is 0. The molecule has 0 amide bonds. The molecule has 18 heavy (non-hydrogen) atoms. The largest absolute Gasteiger partial charge is 0.497 e. The maximum Gasteiger partial charge on any atom is 0.119 e. The highest BCUT2D eigenvalue weighted by Gasteiger charge is 2.20. The second kappa shape index (κ2) is 5.94. The number of methoxy groups -OCH3 is 1. The van der Waals surface area contributed by atoms with Gasteiger partial charge in [-0.15, -0.1) is 11.6 Å². The fourth-order valence-electron chi connectivity index (χ4n) is 2.83. The lowest BCUT2D eigenvalue weighted by atomic mass is 9.99. The molecule has 1 unspecified atom stereocenters. The SMILES string of the molecule is COc1cc(C)c(C(Cl)CN2CCCC2)c(C)c1. The summed E-state index contributed by atoms with van der Waals surface area (Å²) in [6.07, 6.45) is 2.62. The van der Waals surface area contributed by atoms with Crippen molar-refractivity contribution in [3.8, 4) is 5.75 Å². The van der Waals surface area contributed by atoms with Crippen LogP contribution in [0.1, 0.15) is 34.9 Å². The number of alkyl halides is 1. The maximum atomic E-state index is 6.61. The van der Waals surface area contributed by atoms with E-state index in [2.05, 4.69) is 30.9 Å². The average molecular weight is 268 g/mol. The van der Waals surface area contributed by atoms with Gasteiger partial charge in [0.15, 0.2) is 0 Å². The molecule has 1 aromatic carbocycles. The third-order valence-corrected chi connectivity index (χ3v) is 4.09. The Hall–Kier alpha value is -0.730.